The molecule has 1 N–H and O–H groups in total. The van der Waals surface area contributed by atoms with E-state index in [-0.39, 0.29) is 17.2 Å². The average molecular weight is 419 g/mol. The molecule has 0 radical (unpaired) electrons. The van der Waals surface area contributed by atoms with Crippen molar-refractivity contribution in [1.29, 1.82) is 0 Å². The minimum Gasteiger partial charge on any atom is -0.368 e. The van der Waals surface area contributed by atoms with Crippen molar-refractivity contribution in [1.82, 2.24) is 10.2 Å². The summed E-state index contributed by atoms with van der Waals surface area (Å²) in [6.45, 7) is 6.06. The van der Waals surface area contributed by atoms with Crippen molar-refractivity contribution in [2.45, 2.75) is 11.8 Å². The first-order valence-electron chi connectivity index (χ1n) is 9.82. The normalized spacial score (nSPS) is 15.4. The van der Waals surface area contributed by atoms with E-state index in [2.05, 4.69) is 32.2 Å². The number of aliphatic imine (C=N–C) groups is 1. The van der Waals surface area contributed by atoms with Gasteiger partial charge in [0.15, 0.2) is 15.8 Å². The number of anilines is 1. The van der Waals surface area contributed by atoms with Crippen LogP contribution in [0.2, 0.25) is 0 Å². The van der Waals surface area contributed by atoms with Crippen LogP contribution in [0.1, 0.15) is 6.92 Å². The molecule has 1 aliphatic rings. The fourth-order valence-corrected chi connectivity index (χ4v) is 4.52. The van der Waals surface area contributed by atoms with Gasteiger partial charge in [0.05, 0.1) is 12.3 Å². The number of rotatable bonds is 6. The molecular formula is C21H27FN4O2S. The third kappa shape index (κ3) is 5.47. The van der Waals surface area contributed by atoms with Gasteiger partial charge in [0.1, 0.15) is 10.7 Å². The molecule has 0 unspecified atom stereocenters. The number of benzene rings is 2. The molecule has 0 aromatic heterocycles. The third-order valence-electron chi connectivity index (χ3n) is 4.83. The lowest BCUT2D eigenvalue weighted by atomic mass is 10.2. The highest BCUT2D eigenvalue weighted by atomic mass is 32.2. The molecule has 8 heteroatoms. The molecule has 0 bridgehead atoms. The molecule has 0 aliphatic carbocycles. The Kier molecular flexibility index (Phi) is 7.09. The first-order chi connectivity index (χ1) is 14.0. The molecule has 1 fully saturated rings. The molecule has 0 atom stereocenters. The highest BCUT2D eigenvalue weighted by Crippen LogP contribution is 2.16. The first kappa shape index (κ1) is 21.1. The van der Waals surface area contributed by atoms with Crippen LogP contribution in [0.25, 0.3) is 0 Å². The molecule has 2 aromatic rings. The molecule has 2 aromatic carbocycles. The lowest BCUT2D eigenvalue weighted by Gasteiger charge is -2.37. The van der Waals surface area contributed by atoms with Gasteiger partial charge in [-0.1, -0.05) is 30.3 Å². The van der Waals surface area contributed by atoms with Crippen LogP contribution in [-0.2, 0) is 9.84 Å². The number of piperazine rings is 1. The molecule has 1 aliphatic heterocycles. The number of halogens is 1. The van der Waals surface area contributed by atoms with Crippen molar-refractivity contribution in [2.75, 3.05) is 49.9 Å². The summed E-state index contributed by atoms with van der Waals surface area (Å²) in [6.07, 6.45) is 0. The van der Waals surface area contributed by atoms with E-state index in [1.165, 1.54) is 23.9 Å². The molecule has 0 amide bonds. The number of hydrogen-bond donors (Lipinski definition) is 1. The summed E-state index contributed by atoms with van der Waals surface area (Å²) < 4.78 is 38.7. The van der Waals surface area contributed by atoms with Crippen LogP contribution < -0.4 is 10.2 Å². The van der Waals surface area contributed by atoms with Crippen molar-refractivity contribution >= 4 is 21.5 Å². The Balaban J connectivity index is 1.61. The van der Waals surface area contributed by atoms with E-state index in [1.54, 1.807) is 0 Å². The molecule has 1 saturated heterocycles. The number of sulfone groups is 1. The van der Waals surface area contributed by atoms with Gasteiger partial charge in [-0.15, -0.1) is 0 Å². The van der Waals surface area contributed by atoms with Crippen molar-refractivity contribution < 1.29 is 12.8 Å². The van der Waals surface area contributed by atoms with Crippen molar-refractivity contribution in [3.63, 3.8) is 0 Å². The van der Waals surface area contributed by atoms with E-state index in [0.717, 1.165) is 32.2 Å². The van der Waals surface area contributed by atoms with Gasteiger partial charge in [0, 0.05) is 38.4 Å². The van der Waals surface area contributed by atoms with Crippen LogP contribution in [0, 0.1) is 5.82 Å². The van der Waals surface area contributed by atoms with E-state index in [1.807, 2.05) is 25.1 Å². The van der Waals surface area contributed by atoms with Gasteiger partial charge in [0.25, 0.3) is 0 Å². The van der Waals surface area contributed by atoms with Crippen LogP contribution in [0.5, 0.6) is 0 Å². The molecule has 0 saturated carbocycles. The lowest BCUT2D eigenvalue weighted by molar-refractivity contribution is 0.373. The standard InChI is InChI=1S/C21H27FN4O2S/c1-2-23-21(24-12-17-29(27,28)20-11-7-6-10-19(20)22)26-15-13-25(14-16-26)18-8-4-3-5-9-18/h3-11H,2,12-17H2,1H3,(H,23,24). The van der Waals surface area contributed by atoms with Crippen LogP contribution in [0.15, 0.2) is 64.5 Å². The van der Waals surface area contributed by atoms with E-state index in [0.29, 0.717) is 12.5 Å². The molecule has 156 valence electrons. The summed E-state index contributed by atoms with van der Waals surface area (Å²) in [5.74, 6) is -0.253. The van der Waals surface area contributed by atoms with Crippen LogP contribution in [0.3, 0.4) is 0 Å². The van der Waals surface area contributed by atoms with Gasteiger partial charge >= 0.3 is 0 Å². The topological polar surface area (TPSA) is 65.0 Å². The molecule has 1 heterocycles. The summed E-state index contributed by atoms with van der Waals surface area (Å²) >= 11 is 0. The fourth-order valence-electron chi connectivity index (χ4n) is 3.32. The summed E-state index contributed by atoms with van der Waals surface area (Å²) in [5.41, 5.74) is 1.20. The van der Waals surface area contributed by atoms with E-state index < -0.39 is 15.7 Å². The minimum absolute atomic E-state index is 0.0813. The minimum atomic E-state index is -3.71. The Morgan fingerprint density at radius 1 is 1.03 bits per heavy atom. The van der Waals surface area contributed by atoms with Gasteiger partial charge in [-0.3, -0.25) is 4.99 Å². The summed E-state index contributed by atoms with van der Waals surface area (Å²) in [6, 6.07) is 15.7. The predicted molar refractivity (Wildman–Crippen MR) is 115 cm³/mol. The number of nitrogens with one attached hydrogen (secondary N) is 1. The third-order valence-corrected chi connectivity index (χ3v) is 6.55. The summed E-state index contributed by atoms with van der Waals surface area (Å²) in [4.78, 5) is 8.68. The maximum atomic E-state index is 13.8. The average Bonchev–Trinajstić information content (AvgIpc) is 2.74. The van der Waals surface area contributed by atoms with Crippen LogP contribution in [0.4, 0.5) is 10.1 Å². The van der Waals surface area contributed by atoms with Crippen LogP contribution >= 0.6 is 0 Å². The summed E-state index contributed by atoms with van der Waals surface area (Å²) in [7, 11) is -3.71. The Morgan fingerprint density at radius 3 is 2.34 bits per heavy atom. The highest BCUT2D eigenvalue weighted by molar-refractivity contribution is 7.91. The van der Waals surface area contributed by atoms with Gasteiger partial charge in [0.2, 0.25) is 0 Å². The van der Waals surface area contributed by atoms with Gasteiger partial charge in [-0.25, -0.2) is 12.8 Å². The monoisotopic (exact) mass is 418 g/mol. The second-order valence-electron chi connectivity index (χ2n) is 6.79. The van der Waals surface area contributed by atoms with Crippen molar-refractivity contribution in [3.8, 4) is 0 Å². The fraction of sp³-hybridized carbons (Fsp3) is 0.381. The first-order valence-corrected chi connectivity index (χ1v) is 11.5. The van der Waals surface area contributed by atoms with E-state index >= 15 is 0 Å². The van der Waals surface area contributed by atoms with E-state index in [4.69, 9.17) is 0 Å². The maximum Gasteiger partial charge on any atom is 0.194 e. The smallest absolute Gasteiger partial charge is 0.194 e. The lowest BCUT2D eigenvalue weighted by Crippen LogP contribution is -2.52. The van der Waals surface area contributed by atoms with Crippen molar-refractivity contribution in [3.05, 3.63) is 60.4 Å². The number of guanidine groups is 1. The SMILES string of the molecule is CCNC(=NCCS(=O)(=O)c1ccccc1F)N1CCN(c2ccccc2)CC1. The van der Waals surface area contributed by atoms with Gasteiger partial charge < -0.3 is 15.1 Å². The number of hydrogen-bond acceptors (Lipinski definition) is 4. The second-order valence-corrected chi connectivity index (χ2v) is 8.87. The quantitative estimate of drug-likeness (QED) is 0.576. The highest BCUT2D eigenvalue weighted by Gasteiger charge is 2.21. The zero-order chi connectivity index (χ0) is 20.7. The largest absolute Gasteiger partial charge is 0.368 e. The van der Waals surface area contributed by atoms with E-state index in [9.17, 15) is 12.8 Å². The molecule has 0 spiro atoms. The van der Waals surface area contributed by atoms with Crippen LogP contribution in [-0.4, -0.2) is 64.3 Å². The zero-order valence-electron chi connectivity index (χ0n) is 16.6. The molecule has 3 rings (SSSR count). The maximum absolute atomic E-state index is 13.8. The Hall–Kier alpha value is -2.61. The molecule has 6 nitrogen and oxygen atoms in total. The molecular weight excluding hydrogens is 391 g/mol. The zero-order valence-corrected chi connectivity index (χ0v) is 17.4. The number of para-hydroxylation sites is 1. The number of nitrogens with zero attached hydrogens (tertiary/aromatic N) is 3. The molecule has 29 heavy (non-hydrogen) atoms. The van der Waals surface area contributed by atoms with Gasteiger partial charge in [-0.2, -0.15) is 0 Å². The second kappa shape index (κ2) is 9.73. The Morgan fingerprint density at radius 2 is 1.69 bits per heavy atom. The Bertz CT molecular complexity index is 927. The van der Waals surface area contributed by atoms with Crippen molar-refractivity contribution in [2.24, 2.45) is 4.99 Å². The predicted octanol–water partition coefficient (Wildman–Crippen LogP) is 2.39. The van der Waals surface area contributed by atoms with Gasteiger partial charge in [-0.05, 0) is 31.2 Å². The Labute approximate surface area is 172 Å². The summed E-state index contributed by atoms with van der Waals surface area (Å²) in [5, 5.41) is 3.23.